The van der Waals surface area contributed by atoms with Crippen molar-refractivity contribution in [2.75, 3.05) is 0 Å². The van der Waals surface area contributed by atoms with Crippen LogP contribution in [0.2, 0.25) is 5.02 Å². The van der Waals surface area contributed by atoms with E-state index in [1.165, 1.54) is 11.1 Å². The number of benzene rings is 2. The summed E-state index contributed by atoms with van der Waals surface area (Å²) in [6.07, 6.45) is 2.32. The van der Waals surface area contributed by atoms with Gasteiger partial charge in [-0.3, -0.25) is 14.8 Å². The fraction of sp³-hybridized carbons (Fsp3) is 0.208. The first-order chi connectivity index (χ1) is 14.1. The van der Waals surface area contributed by atoms with E-state index in [2.05, 4.69) is 23.2 Å². The third kappa shape index (κ3) is 3.45. The van der Waals surface area contributed by atoms with Crippen molar-refractivity contribution in [1.82, 2.24) is 9.88 Å². The standard InChI is InChI=1S/C24H20ClN3O/c1-15-5-6-17(11-26-15)24-22-9-20-14-28(13-16-3-2-4-21(25)7-16)23(29)10-18(20)8-19(22)12-27-24/h2-9,11H,10,12-14H2,1H3. The Balaban J connectivity index is 1.45. The monoisotopic (exact) mass is 401 g/mol. The topological polar surface area (TPSA) is 45.6 Å². The maximum Gasteiger partial charge on any atom is 0.227 e. The fourth-order valence-electron chi connectivity index (χ4n) is 4.08. The molecule has 0 spiro atoms. The molecule has 0 saturated heterocycles. The molecule has 0 saturated carbocycles. The van der Waals surface area contributed by atoms with Crippen LogP contribution in [0, 0.1) is 6.92 Å². The molecule has 5 rings (SSSR count). The average molecular weight is 402 g/mol. The number of carbonyl (C=O) groups excluding carboxylic acids is 1. The third-order valence-electron chi connectivity index (χ3n) is 5.59. The summed E-state index contributed by atoms with van der Waals surface area (Å²) in [7, 11) is 0. The van der Waals surface area contributed by atoms with Crippen molar-refractivity contribution in [1.29, 1.82) is 0 Å². The minimum absolute atomic E-state index is 0.152. The van der Waals surface area contributed by atoms with Gasteiger partial charge in [-0.2, -0.15) is 0 Å². The molecule has 0 unspecified atom stereocenters. The number of nitrogens with zero attached hydrogens (tertiary/aromatic N) is 3. The maximum absolute atomic E-state index is 12.7. The van der Waals surface area contributed by atoms with Gasteiger partial charge in [0.1, 0.15) is 0 Å². The Morgan fingerprint density at radius 3 is 2.76 bits per heavy atom. The molecule has 4 nitrogen and oxygen atoms in total. The van der Waals surface area contributed by atoms with E-state index in [-0.39, 0.29) is 5.91 Å². The van der Waals surface area contributed by atoms with Crippen molar-refractivity contribution < 1.29 is 4.79 Å². The number of hydrogen-bond donors (Lipinski definition) is 0. The maximum atomic E-state index is 12.7. The summed E-state index contributed by atoms with van der Waals surface area (Å²) in [6, 6.07) is 16.2. The normalized spacial score (nSPS) is 15.2. The van der Waals surface area contributed by atoms with Gasteiger partial charge in [-0.05, 0) is 59.5 Å². The molecule has 0 aliphatic carbocycles. The highest BCUT2D eigenvalue weighted by Gasteiger charge is 2.27. The van der Waals surface area contributed by atoms with Gasteiger partial charge in [-0.1, -0.05) is 29.8 Å². The van der Waals surface area contributed by atoms with Gasteiger partial charge in [-0.25, -0.2) is 0 Å². The van der Waals surface area contributed by atoms with Gasteiger partial charge in [0.2, 0.25) is 5.91 Å². The highest BCUT2D eigenvalue weighted by Crippen LogP contribution is 2.30. The van der Waals surface area contributed by atoms with Crippen molar-refractivity contribution in [2.45, 2.75) is 33.0 Å². The zero-order valence-electron chi connectivity index (χ0n) is 16.2. The molecule has 2 aliphatic rings. The SMILES string of the molecule is Cc1ccc(C2=NCc3cc4c(cc32)CN(Cc2cccc(Cl)c2)C(=O)C4)cn1. The molecule has 0 bridgehead atoms. The van der Waals surface area contributed by atoms with E-state index in [0.717, 1.165) is 33.7 Å². The zero-order valence-corrected chi connectivity index (χ0v) is 16.9. The van der Waals surface area contributed by atoms with Crippen LogP contribution < -0.4 is 0 Å². The van der Waals surface area contributed by atoms with Crippen LogP contribution in [0.5, 0.6) is 0 Å². The first kappa shape index (κ1) is 18.1. The molecule has 1 aromatic heterocycles. The van der Waals surface area contributed by atoms with Crippen LogP contribution in [0.1, 0.15) is 39.1 Å². The molecule has 2 aromatic carbocycles. The predicted molar refractivity (Wildman–Crippen MR) is 114 cm³/mol. The average Bonchev–Trinajstić information content (AvgIpc) is 3.10. The number of aliphatic imine (C=N–C) groups is 1. The molecular weight excluding hydrogens is 382 g/mol. The van der Waals surface area contributed by atoms with E-state index in [4.69, 9.17) is 16.6 Å². The van der Waals surface area contributed by atoms with E-state index in [1.54, 1.807) is 0 Å². The number of pyridine rings is 1. The molecule has 3 aromatic rings. The van der Waals surface area contributed by atoms with Crippen molar-refractivity contribution in [3.63, 3.8) is 0 Å². The van der Waals surface area contributed by atoms with E-state index in [1.807, 2.05) is 48.4 Å². The molecule has 29 heavy (non-hydrogen) atoms. The molecule has 144 valence electrons. The Labute approximate surface area is 174 Å². The lowest BCUT2D eigenvalue weighted by molar-refractivity contribution is -0.132. The van der Waals surface area contributed by atoms with Crippen LogP contribution in [0.15, 0.2) is 59.7 Å². The molecule has 0 fully saturated rings. The van der Waals surface area contributed by atoms with Gasteiger partial charge in [-0.15, -0.1) is 0 Å². The van der Waals surface area contributed by atoms with Gasteiger partial charge >= 0.3 is 0 Å². The van der Waals surface area contributed by atoms with E-state index >= 15 is 0 Å². The van der Waals surface area contributed by atoms with Crippen molar-refractivity contribution in [3.05, 3.63) is 98.8 Å². The van der Waals surface area contributed by atoms with Crippen LogP contribution in [0.3, 0.4) is 0 Å². The minimum atomic E-state index is 0.152. The van der Waals surface area contributed by atoms with E-state index in [9.17, 15) is 4.79 Å². The summed E-state index contributed by atoms with van der Waals surface area (Å²) in [4.78, 5) is 23.8. The summed E-state index contributed by atoms with van der Waals surface area (Å²) in [5, 5.41) is 0.692. The summed E-state index contributed by atoms with van der Waals surface area (Å²) >= 11 is 6.11. The van der Waals surface area contributed by atoms with Crippen molar-refractivity contribution >= 4 is 23.2 Å². The predicted octanol–water partition coefficient (Wildman–Crippen LogP) is 4.48. The molecule has 5 heteroatoms. The minimum Gasteiger partial charge on any atom is -0.334 e. The molecule has 0 radical (unpaired) electrons. The summed E-state index contributed by atoms with van der Waals surface area (Å²) in [5.41, 5.74) is 8.73. The Hall–Kier alpha value is -2.98. The van der Waals surface area contributed by atoms with Crippen LogP contribution in [-0.2, 0) is 30.8 Å². The first-order valence-electron chi connectivity index (χ1n) is 9.71. The molecule has 3 heterocycles. The molecule has 0 atom stereocenters. The lowest BCUT2D eigenvalue weighted by Crippen LogP contribution is -2.35. The Bertz CT molecular complexity index is 1150. The summed E-state index contributed by atoms with van der Waals surface area (Å²) in [5.74, 6) is 0.152. The van der Waals surface area contributed by atoms with Crippen LogP contribution in [-0.4, -0.2) is 21.5 Å². The number of fused-ring (bicyclic) bond motifs is 2. The number of hydrogen-bond acceptors (Lipinski definition) is 3. The zero-order chi connectivity index (χ0) is 20.0. The van der Waals surface area contributed by atoms with Gasteiger partial charge in [0.25, 0.3) is 0 Å². The van der Waals surface area contributed by atoms with Gasteiger partial charge in [0.05, 0.1) is 18.7 Å². The fourth-order valence-corrected chi connectivity index (χ4v) is 4.29. The van der Waals surface area contributed by atoms with Crippen molar-refractivity contribution in [2.24, 2.45) is 4.99 Å². The highest BCUT2D eigenvalue weighted by molar-refractivity contribution is 6.30. The highest BCUT2D eigenvalue weighted by atomic mass is 35.5. The van der Waals surface area contributed by atoms with Gasteiger partial charge < -0.3 is 4.90 Å². The Kier molecular flexibility index (Phi) is 4.44. The second-order valence-electron chi connectivity index (χ2n) is 7.69. The number of aromatic nitrogens is 1. The number of rotatable bonds is 3. The second kappa shape index (κ2) is 7.12. The smallest absolute Gasteiger partial charge is 0.227 e. The molecule has 0 N–H and O–H groups in total. The first-order valence-corrected chi connectivity index (χ1v) is 10.1. The van der Waals surface area contributed by atoms with Crippen molar-refractivity contribution in [3.8, 4) is 0 Å². The number of amides is 1. The van der Waals surface area contributed by atoms with Crippen LogP contribution in [0.25, 0.3) is 0 Å². The summed E-state index contributed by atoms with van der Waals surface area (Å²) in [6.45, 7) is 3.81. The number of aryl methyl sites for hydroxylation is 1. The quantitative estimate of drug-likeness (QED) is 0.649. The number of halogens is 1. The van der Waals surface area contributed by atoms with Gasteiger partial charge in [0.15, 0.2) is 0 Å². The Morgan fingerprint density at radius 2 is 1.97 bits per heavy atom. The summed E-state index contributed by atoms with van der Waals surface area (Å²) < 4.78 is 0. The third-order valence-corrected chi connectivity index (χ3v) is 5.83. The second-order valence-corrected chi connectivity index (χ2v) is 8.12. The largest absolute Gasteiger partial charge is 0.334 e. The lowest BCUT2D eigenvalue weighted by Gasteiger charge is -2.29. The van der Waals surface area contributed by atoms with E-state index in [0.29, 0.717) is 31.1 Å². The molecule has 1 amide bonds. The van der Waals surface area contributed by atoms with Crippen LogP contribution >= 0.6 is 11.6 Å². The lowest BCUT2D eigenvalue weighted by atomic mass is 9.91. The number of carbonyl (C=O) groups is 1. The van der Waals surface area contributed by atoms with Crippen LogP contribution in [0.4, 0.5) is 0 Å². The molecule has 2 aliphatic heterocycles. The van der Waals surface area contributed by atoms with Gasteiger partial charge in [0, 0.05) is 41.1 Å². The Morgan fingerprint density at radius 1 is 1.07 bits per heavy atom. The van der Waals surface area contributed by atoms with E-state index < -0.39 is 0 Å². The molecular formula is C24H20ClN3O.